The third-order valence-electron chi connectivity index (χ3n) is 3.20. The van der Waals surface area contributed by atoms with E-state index in [0.29, 0.717) is 12.1 Å². The maximum absolute atomic E-state index is 11.7. The zero-order valence-electron chi connectivity index (χ0n) is 12.4. The summed E-state index contributed by atoms with van der Waals surface area (Å²) in [4.78, 5) is 11.7. The Morgan fingerprint density at radius 2 is 2.05 bits per heavy atom. The quantitative estimate of drug-likeness (QED) is 0.822. The van der Waals surface area contributed by atoms with Crippen molar-refractivity contribution in [3.05, 3.63) is 53.0 Å². The SMILES string of the molecule is COC(=O)c1cccc(NCc2ccc(CSC)o2)c1C. The molecule has 1 N–H and O–H groups in total. The standard InChI is InChI=1S/C16H19NO3S/c1-11-14(16(18)19-2)5-4-6-15(11)17-9-12-7-8-13(20-12)10-21-3/h4-8,17H,9-10H2,1-3H3. The van der Waals surface area contributed by atoms with Gasteiger partial charge in [0.1, 0.15) is 11.5 Å². The molecule has 1 aromatic heterocycles. The first kappa shape index (κ1) is 15.5. The molecule has 0 aliphatic rings. The Hall–Kier alpha value is -1.88. The Morgan fingerprint density at radius 1 is 1.29 bits per heavy atom. The van der Waals surface area contributed by atoms with Crippen molar-refractivity contribution in [2.45, 2.75) is 19.2 Å². The fourth-order valence-corrected chi connectivity index (χ4v) is 2.52. The van der Waals surface area contributed by atoms with Gasteiger partial charge < -0.3 is 14.5 Å². The van der Waals surface area contributed by atoms with Crippen LogP contribution in [-0.2, 0) is 17.0 Å². The van der Waals surface area contributed by atoms with Crippen molar-refractivity contribution in [1.29, 1.82) is 0 Å². The third-order valence-corrected chi connectivity index (χ3v) is 3.77. The molecule has 0 fully saturated rings. The number of hydrogen-bond donors (Lipinski definition) is 1. The highest BCUT2D eigenvalue weighted by Gasteiger charge is 2.11. The monoisotopic (exact) mass is 305 g/mol. The summed E-state index contributed by atoms with van der Waals surface area (Å²) in [6.07, 6.45) is 2.04. The van der Waals surface area contributed by atoms with E-state index in [-0.39, 0.29) is 5.97 Å². The summed E-state index contributed by atoms with van der Waals surface area (Å²) in [6, 6.07) is 9.50. The van der Waals surface area contributed by atoms with Crippen molar-refractivity contribution in [2.75, 3.05) is 18.7 Å². The van der Waals surface area contributed by atoms with E-state index >= 15 is 0 Å². The van der Waals surface area contributed by atoms with Gasteiger partial charge in [0.25, 0.3) is 0 Å². The Bertz CT molecular complexity index is 622. The number of hydrogen-bond acceptors (Lipinski definition) is 5. The molecular weight excluding hydrogens is 286 g/mol. The minimum atomic E-state index is -0.323. The molecule has 0 aliphatic heterocycles. The van der Waals surface area contributed by atoms with Gasteiger partial charge in [-0.05, 0) is 43.0 Å². The molecule has 0 spiro atoms. The molecule has 0 aliphatic carbocycles. The van der Waals surface area contributed by atoms with E-state index in [4.69, 9.17) is 9.15 Å². The molecule has 1 aromatic carbocycles. The highest BCUT2D eigenvalue weighted by atomic mass is 32.2. The van der Waals surface area contributed by atoms with Crippen molar-refractivity contribution < 1.29 is 13.9 Å². The van der Waals surface area contributed by atoms with Gasteiger partial charge in [-0.1, -0.05) is 6.07 Å². The molecular formula is C16H19NO3S. The largest absolute Gasteiger partial charge is 0.465 e. The smallest absolute Gasteiger partial charge is 0.338 e. The Balaban J connectivity index is 2.07. The summed E-state index contributed by atoms with van der Waals surface area (Å²) in [5, 5.41) is 3.30. The average molecular weight is 305 g/mol. The lowest BCUT2D eigenvalue weighted by Crippen LogP contribution is -2.07. The molecule has 0 saturated carbocycles. The first-order valence-electron chi connectivity index (χ1n) is 6.64. The molecule has 0 amide bonds. The molecule has 2 rings (SSSR count). The molecule has 112 valence electrons. The Labute approximate surface area is 128 Å². The second-order valence-electron chi connectivity index (χ2n) is 4.62. The topological polar surface area (TPSA) is 51.5 Å². The van der Waals surface area contributed by atoms with E-state index in [9.17, 15) is 4.79 Å². The number of ether oxygens (including phenoxy) is 1. The molecule has 0 radical (unpaired) electrons. The minimum absolute atomic E-state index is 0.323. The summed E-state index contributed by atoms with van der Waals surface area (Å²) in [5.74, 6) is 2.40. The second kappa shape index (κ2) is 7.22. The van der Waals surface area contributed by atoms with Gasteiger partial charge >= 0.3 is 5.97 Å². The van der Waals surface area contributed by atoms with E-state index in [1.165, 1.54) is 7.11 Å². The van der Waals surface area contributed by atoms with Crippen LogP contribution in [0.2, 0.25) is 0 Å². The van der Waals surface area contributed by atoms with Crippen LogP contribution in [-0.4, -0.2) is 19.3 Å². The highest BCUT2D eigenvalue weighted by Crippen LogP contribution is 2.21. The van der Waals surface area contributed by atoms with Crippen LogP contribution < -0.4 is 5.32 Å². The summed E-state index contributed by atoms with van der Waals surface area (Å²) >= 11 is 1.73. The van der Waals surface area contributed by atoms with Gasteiger partial charge in [-0.25, -0.2) is 4.79 Å². The Kier molecular flexibility index (Phi) is 5.33. The predicted molar refractivity (Wildman–Crippen MR) is 85.8 cm³/mol. The van der Waals surface area contributed by atoms with Crippen molar-refractivity contribution in [1.82, 2.24) is 0 Å². The zero-order chi connectivity index (χ0) is 15.2. The molecule has 0 unspecified atom stereocenters. The lowest BCUT2D eigenvalue weighted by atomic mass is 10.1. The number of nitrogens with one attached hydrogen (secondary N) is 1. The summed E-state index contributed by atoms with van der Waals surface area (Å²) < 4.78 is 10.5. The summed E-state index contributed by atoms with van der Waals surface area (Å²) in [6.45, 7) is 2.48. The second-order valence-corrected chi connectivity index (χ2v) is 5.49. The number of anilines is 1. The number of furan rings is 1. The van der Waals surface area contributed by atoms with Crippen LogP contribution in [0.3, 0.4) is 0 Å². The molecule has 0 saturated heterocycles. The summed E-state index contributed by atoms with van der Waals surface area (Å²) in [5.41, 5.74) is 2.35. The van der Waals surface area contributed by atoms with Gasteiger partial charge in [0.2, 0.25) is 0 Å². The van der Waals surface area contributed by atoms with Gasteiger partial charge in [0, 0.05) is 5.69 Å². The van der Waals surface area contributed by atoms with Crippen LogP contribution in [0.25, 0.3) is 0 Å². The summed E-state index contributed by atoms with van der Waals surface area (Å²) in [7, 11) is 1.39. The third kappa shape index (κ3) is 3.82. The molecule has 4 nitrogen and oxygen atoms in total. The van der Waals surface area contributed by atoms with Crippen LogP contribution in [0.5, 0.6) is 0 Å². The maximum atomic E-state index is 11.7. The van der Waals surface area contributed by atoms with Crippen molar-refractivity contribution in [3.8, 4) is 0 Å². The maximum Gasteiger partial charge on any atom is 0.338 e. The van der Waals surface area contributed by atoms with E-state index in [0.717, 1.165) is 28.5 Å². The van der Waals surface area contributed by atoms with E-state index in [2.05, 4.69) is 5.32 Å². The molecule has 0 atom stereocenters. The molecule has 1 heterocycles. The zero-order valence-corrected chi connectivity index (χ0v) is 13.3. The number of carbonyl (C=O) groups is 1. The number of benzene rings is 1. The van der Waals surface area contributed by atoms with Crippen LogP contribution in [0.15, 0.2) is 34.7 Å². The number of methoxy groups -OCH3 is 1. The number of carbonyl (C=O) groups excluding carboxylic acids is 1. The normalized spacial score (nSPS) is 10.4. The predicted octanol–water partition coefficient (Wildman–Crippen LogP) is 3.85. The van der Waals surface area contributed by atoms with Crippen molar-refractivity contribution in [2.24, 2.45) is 0 Å². The van der Waals surface area contributed by atoms with Crippen LogP contribution in [0.1, 0.15) is 27.4 Å². The van der Waals surface area contributed by atoms with Crippen LogP contribution in [0, 0.1) is 6.92 Å². The van der Waals surface area contributed by atoms with Gasteiger partial charge in [-0.15, -0.1) is 0 Å². The lowest BCUT2D eigenvalue weighted by molar-refractivity contribution is 0.0600. The average Bonchev–Trinajstić information content (AvgIpc) is 2.93. The molecule has 0 bridgehead atoms. The molecule has 21 heavy (non-hydrogen) atoms. The van der Waals surface area contributed by atoms with Crippen LogP contribution in [0.4, 0.5) is 5.69 Å². The van der Waals surface area contributed by atoms with Crippen LogP contribution >= 0.6 is 11.8 Å². The Morgan fingerprint density at radius 3 is 2.76 bits per heavy atom. The minimum Gasteiger partial charge on any atom is -0.465 e. The molecule has 2 aromatic rings. The van der Waals surface area contributed by atoms with Gasteiger partial charge in [0.05, 0.1) is 25.0 Å². The van der Waals surface area contributed by atoms with E-state index in [1.54, 1.807) is 17.8 Å². The van der Waals surface area contributed by atoms with E-state index in [1.807, 2.05) is 37.4 Å². The fourth-order valence-electron chi connectivity index (χ4n) is 2.08. The highest BCUT2D eigenvalue weighted by molar-refractivity contribution is 7.97. The number of rotatable bonds is 6. The number of esters is 1. The first-order chi connectivity index (χ1) is 10.2. The number of thioether (sulfide) groups is 1. The van der Waals surface area contributed by atoms with Crippen molar-refractivity contribution in [3.63, 3.8) is 0 Å². The van der Waals surface area contributed by atoms with E-state index < -0.39 is 0 Å². The van der Waals surface area contributed by atoms with Gasteiger partial charge in [-0.2, -0.15) is 11.8 Å². The van der Waals surface area contributed by atoms with Crippen molar-refractivity contribution >= 4 is 23.4 Å². The van der Waals surface area contributed by atoms with Gasteiger partial charge in [0.15, 0.2) is 0 Å². The lowest BCUT2D eigenvalue weighted by Gasteiger charge is -2.11. The fraction of sp³-hybridized carbons (Fsp3) is 0.312. The van der Waals surface area contributed by atoms with Gasteiger partial charge in [-0.3, -0.25) is 0 Å². The first-order valence-corrected chi connectivity index (χ1v) is 8.03. The molecule has 5 heteroatoms.